The van der Waals surface area contributed by atoms with Crippen LogP contribution in [-0.2, 0) is 12.7 Å². The molecule has 0 radical (unpaired) electrons. The largest absolute Gasteiger partial charge is 0.475 e. The highest BCUT2D eigenvalue weighted by atomic mass is 19.4. The zero-order chi connectivity index (χ0) is 28.0. The zero-order valence-corrected chi connectivity index (χ0v) is 21.9. The van der Waals surface area contributed by atoms with E-state index < -0.39 is 17.7 Å². The second-order valence-electron chi connectivity index (χ2n) is 10.6. The number of nitrogens with one attached hydrogen (secondary N) is 1. The molecule has 0 amide bonds. The van der Waals surface area contributed by atoms with E-state index >= 15 is 0 Å². The number of nitrogens with zero attached hydrogens (tertiary/aromatic N) is 5. The van der Waals surface area contributed by atoms with Crippen molar-refractivity contribution in [3.8, 4) is 0 Å². The van der Waals surface area contributed by atoms with E-state index in [1.807, 2.05) is 22.8 Å². The molecule has 11 heteroatoms. The fourth-order valence-corrected chi connectivity index (χ4v) is 5.49. The van der Waals surface area contributed by atoms with Gasteiger partial charge < -0.3 is 19.9 Å². The Morgan fingerprint density at radius 2 is 1.77 bits per heavy atom. The maximum absolute atomic E-state index is 13.2. The van der Waals surface area contributed by atoms with Crippen LogP contribution in [0.3, 0.4) is 0 Å². The van der Waals surface area contributed by atoms with Gasteiger partial charge in [0.25, 0.3) is 0 Å². The number of aromatic carboxylic acids is 1. The van der Waals surface area contributed by atoms with Crippen molar-refractivity contribution in [2.24, 2.45) is 5.92 Å². The second-order valence-corrected chi connectivity index (χ2v) is 10.6. The number of hydrogen-bond acceptors (Lipinski definition) is 6. The van der Waals surface area contributed by atoms with Crippen molar-refractivity contribution >= 4 is 28.9 Å². The molecule has 2 unspecified atom stereocenters. The number of fused-ring (bicyclic) bond motifs is 1. The first kappa shape index (κ1) is 26.1. The van der Waals surface area contributed by atoms with Gasteiger partial charge in [0.2, 0.25) is 11.8 Å². The van der Waals surface area contributed by atoms with E-state index in [-0.39, 0.29) is 30.1 Å². The zero-order valence-electron chi connectivity index (χ0n) is 21.9. The Bertz CT molecular complexity index is 1530. The molecular formula is C29H29F3N6O2. The molecule has 208 valence electrons. The molecule has 40 heavy (non-hydrogen) atoms. The Balaban J connectivity index is 1.47. The molecule has 0 bridgehead atoms. The van der Waals surface area contributed by atoms with Gasteiger partial charge in [-0.3, -0.25) is 0 Å². The fourth-order valence-electron chi connectivity index (χ4n) is 5.49. The van der Waals surface area contributed by atoms with Crippen molar-refractivity contribution in [1.29, 1.82) is 0 Å². The third-order valence-electron chi connectivity index (χ3n) is 8.08. The van der Waals surface area contributed by atoms with Gasteiger partial charge in [-0.1, -0.05) is 48.9 Å². The minimum atomic E-state index is -4.43. The van der Waals surface area contributed by atoms with Gasteiger partial charge in [0.15, 0.2) is 11.5 Å². The molecule has 2 aromatic heterocycles. The van der Waals surface area contributed by atoms with Crippen molar-refractivity contribution in [3.05, 3.63) is 77.1 Å². The second kappa shape index (κ2) is 10.1. The van der Waals surface area contributed by atoms with Gasteiger partial charge in [0.05, 0.1) is 18.2 Å². The lowest BCUT2D eigenvalue weighted by Gasteiger charge is -2.42. The van der Waals surface area contributed by atoms with Crippen LogP contribution in [0.25, 0.3) is 11.2 Å². The molecule has 2 N–H and O–H groups in total. The lowest BCUT2D eigenvalue weighted by Crippen LogP contribution is -2.42. The van der Waals surface area contributed by atoms with Crippen LogP contribution in [-0.4, -0.2) is 43.2 Å². The summed E-state index contributed by atoms with van der Waals surface area (Å²) in [4.78, 5) is 27.5. The summed E-state index contributed by atoms with van der Waals surface area (Å²) in [6, 6.07) is 15.2. The number of benzene rings is 2. The topological polar surface area (TPSA) is 96.2 Å². The number of carboxylic acid groups (broad SMARTS) is 1. The molecule has 3 heterocycles. The third kappa shape index (κ3) is 4.84. The Labute approximate surface area is 228 Å². The molecule has 1 saturated heterocycles. The molecule has 2 atom stereocenters. The molecule has 1 saturated carbocycles. The van der Waals surface area contributed by atoms with Crippen LogP contribution in [0.1, 0.15) is 66.0 Å². The highest BCUT2D eigenvalue weighted by molar-refractivity contribution is 5.92. The average Bonchev–Trinajstić information content (AvgIpc) is 3.20. The van der Waals surface area contributed by atoms with Gasteiger partial charge >= 0.3 is 12.1 Å². The first-order valence-corrected chi connectivity index (χ1v) is 13.4. The van der Waals surface area contributed by atoms with E-state index in [1.54, 1.807) is 0 Å². The Morgan fingerprint density at radius 1 is 1.05 bits per heavy atom. The Morgan fingerprint density at radius 3 is 2.35 bits per heavy atom. The van der Waals surface area contributed by atoms with Gasteiger partial charge in [-0.15, -0.1) is 0 Å². The SMILES string of the molecule is CC(Nc1nc(C(=O)O)nc2nc(N3CCC3c3ccccc3)n(Cc3ccc(C(F)(F)F)cc3)c12)C1CCC1. The number of aromatic nitrogens is 4. The molecule has 0 spiro atoms. The molecule has 1 aliphatic carbocycles. The van der Waals surface area contributed by atoms with Gasteiger partial charge in [-0.05, 0) is 55.4 Å². The molecule has 2 aromatic carbocycles. The van der Waals surface area contributed by atoms with Crippen molar-refractivity contribution in [2.75, 3.05) is 16.8 Å². The number of alkyl halides is 3. The predicted octanol–water partition coefficient (Wildman–Crippen LogP) is 6.14. The fraction of sp³-hybridized carbons (Fsp3) is 0.379. The summed E-state index contributed by atoms with van der Waals surface area (Å²) in [6.07, 6.45) is -0.208. The van der Waals surface area contributed by atoms with E-state index in [4.69, 9.17) is 4.98 Å². The van der Waals surface area contributed by atoms with Gasteiger partial charge in [-0.2, -0.15) is 18.2 Å². The molecule has 2 fully saturated rings. The van der Waals surface area contributed by atoms with Gasteiger partial charge in [0.1, 0.15) is 5.52 Å². The van der Waals surface area contributed by atoms with E-state index in [1.165, 1.54) is 12.1 Å². The highest BCUT2D eigenvalue weighted by Crippen LogP contribution is 2.40. The smallest absolute Gasteiger partial charge is 0.416 e. The van der Waals surface area contributed by atoms with Gasteiger partial charge in [-0.25, -0.2) is 14.8 Å². The van der Waals surface area contributed by atoms with Crippen molar-refractivity contribution in [3.63, 3.8) is 0 Å². The Hall–Kier alpha value is -4.15. The van der Waals surface area contributed by atoms with Crippen LogP contribution in [0, 0.1) is 5.92 Å². The van der Waals surface area contributed by atoms with Gasteiger partial charge in [0, 0.05) is 12.6 Å². The minimum absolute atomic E-state index is 0.0486. The average molecular weight is 551 g/mol. The standard InChI is InChI=1S/C29H29F3N6O2/c1-17(19-8-5-9-19)33-24-23-25(35-26(34-24)27(39)40)36-28(37-15-14-22(37)20-6-3-2-4-7-20)38(23)16-18-10-12-21(13-11-18)29(30,31)32/h2-4,6-7,10-13,17,19,22H,5,8-9,14-16H2,1H3,(H,39,40)(H,33,34,35). The summed E-state index contributed by atoms with van der Waals surface area (Å²) in [5, 5.41) is 13.2. The van der Waals surface area contributed by atoms with E-state index in [0.29, 0.717) is 28.8 Å². The maximum Gasteiger partial charge on any atom is 0.416 e. The number of carboxylic acids is 1. The molecule has 8 nitrogen and oxygen atoms in total. The summed E-state index contributed by atoms with van der Waals surface area (Å²) < 4.78 is 41.5. The number of carbonyl (C=O) groups is 1. The van der Waals surface area contributed by atoms with Crippen LogP contribution in [0.2, 0.25) is 0 Å². The van der Waals surface area contributed by atoms with Crippen LogP contribution in [0.15, 0.2) is 54.6 Å². The van der Waals surface area contributed by atoms with Crippen molar-refractivity contribution < 1.29 is 23.1 Å². The summed E-state index contributed by atoms with van der Waals surface area (Å²) in [7, 11) is 0. The molecule has 1 aliphatic heterocycles. The summed E-state index contributed by atoms with van der Waals surface area (Å²) >= 11 is 0. The number of rotatable bonds is 8. The van der Waals surface area contributed by atoms with E-state index in [2.05, 4.69) is 39.2 Å². The quantitative estimate of drug-likeness (QED) is 0.272. The summed E-state index contributed by atoms with van der Waals surface area (Å²) in [5.74, 6) is -0.228. The third-order valence-corrected chi connectivity index (χ3v) is 8.08. The number of imidazole rings is 1. The monoisotopic (exact) mass is 550 g/mol. The van der Waals surface area contributed by atoms with Crippen LogP contribution >= 0.6 is 0 Å². The lowest BCUT2D eigenvalue weighted by atomic mass is 9.80. The lowest BCUT2D eigenvalue weighted by molar-refractivity contribution is -0.137. The normalized spacial score (nSPS) is 18.3. The van der Waals surface area contributed by atoms with Crippen LogP contribution in [0.5, 0.6) is 0 Å². The minimum Gasteiger partial charge on any atom is -0.475 e. The number of hydrogen-bond donors (Lipinski definition) is 2. The van der Waals surface area contributed by atoms with Crippen molar-refractivity contribution in [1.82, 2.24) is 19.5 Å². The van der Waals surface area contributed by atoms with E-state index in [0.717, 1.165) is 49.9 Å². The first-order chi connectivity index (χ1) is 19.2. The molecule has 4 aromatic rings. The predicted molar refractivity (Wildman–Crippen MR) is 144 cm³/mol. The van der Waals surface area contributed by atoms with Crippen LogP contribution in [0.4, 0.5) is 24.9 Å². The van der Waals surface area contributed by atoms with E-state index in [9.17, 15) is 23.1 Å². The molecule has 6 rings (SSSR count). The number of anilines is 2. The first-order valence-electron chi connectivity index (χ1n) is 13.4. The summed E-state index contributed by atoms with van der Waals surface area (Å²) in [6.45, 7) is 2.98. The highest BCUT2D eigenvalue weighted by Gasteiger charge is 2.35. The molecule has 2 aliphatic rings. The Kier molecular flexibility index (Phi) is 6.59. The molecular weight excluding hydrogens is 521 g/mol. The van der Waals surface area contributed by atoms with Crippen LogP contribution < -0.4 is 10.2 Å². The number of halogens is 3. The maximum atomic E-state index is 13.2. The summed E-state index contributed by atoms with van der Waals surface area (Å²) in [5.41, 5.74) is 1.81. The van der Waals surface area contributed by atoms with Crippen molar-refractivity contribution in [2.45, 2.75) is 57.4 Å².